The molecule has 0 amide bonds. The molecule has 0 saturated carbocycles. The minimum atomic E-state index is -3.37. The van der Waals surface area contributed by atoms with Gasteiger partial charge in [-0.05, 0) is 30.4 Å². The van der Waals surface area contributed by atoms with Gasteiger partial charge in [0.05, 0.1) is 6.26 Å². The molecule has 1 aliphatic carbocycles. The van der Waals surface area contributed by atoms with Gasteiger partial charge in [-0.2, -0.15) is 4.31 Å². The zero-order chi connectivity index (χ0) is 14.8. The van der Waals surface area contributed by atoms with Gasteiger partial charge in [0, 0.05) is 7.05 Å². The average Bonchev–Trinajstić information content (AvgIpc) is 2.38. The molecule has 20 heavy (non-hydrogen) atoms. The summed E-state index contributed by atoms with van der Waals surface area (Å²) >= 11 is 0. The fraction of sp³-hybridized carbons (Fsp3) is 0.500. The Labute approximate surface area is 119 Å². The second kappa shape index (κ2) is 5.93. The van der Waals surface area contributed by atoms with E-state index in [-0.39, 0.29) is 12.6 Å². The Morgan fingerprint density at radius 2 is 2.10 bits per heavy atom. The highest BCUT2D eigenvalue weighted by atomic mass is 32.2. The zero-order valence-electron chi connectivity index (χ0n) is 11.7. The van der Waals surface area contributed by atoms with E-state index in [2.05, 4.69) is 0 Å². The van der Waals surface area contributed by atoms with E-state index in [1.807, 2.05) is 24.3 Å². The van der Waals surface area contributed by atoms with Gasteiger partial charge in [0.25, 0.3) is 0 Å². The lowest BCUT2D eigenvalue weighted by Gasteiger charge is -2.26. The molecule has 0 bridgehead atoms. The van der Waals surface area contributed by atoms with Crippen LogP contribution < -0.4 is 0 Å². The summed E-state index contributed by atoms with van der Waals surface area (Å²) in [5.74, 6) is -0.514. The van der Waals surface area contributed by atoms with Crippen LogP contribution in [0, 0.1) is 0 Å². The minimum Gasteiger partial charge on any atom is -0.456 e. The van der Waals surface area contributed by atoms with E-state index >= 15 is 0 Å². The van der Waals surface area contributed by atoms with Crippen molar-refractivity contribution in [1.29, 1.82) is 0 Å². The lowest BCUT2D eigenvalue weighted by atomic mass is 9.89. The quantitative estimate of drug-likeness (QED) is 0.790. The third-order valence-electron chi connectivity index (χ3n) is 3.51. The van der Waals surface area contributed by atoms with Crippen LogP contribution in [0.2, 0.25) is 0 Å². The van der Waals surface area contributed by atoms with Gasteiger partial charge in [-0.15, -0.1) is 0 Å². The minimum absolute atomic E-state index is 0.252. The van der Waals surface area contributed by atoms with E-state index < -0.39 is 16.0 Å². The van der Waals surface area contributed by atoms with Gasteiger partial charge in [0.2, 0.25) is 10.0 Å². The molecule has 0 saturated heterocycles. The summed E-state index contributed by atoms with van der Waals surface area (Å²) < 4.78 is 29.0. The molecule has 6 heteroatoms. The van der Waals surface area contributed by atoms with Crippen molar-refractivity contribution in [2.45, 2.75) is 25.4 Å². The molecular formula is C14H19NO4S. The molecule has 1 aromatic carbocycles. The standard InChI is InChI=1S/C14H19NO4S/c1-15(20(2,17)18)10-14(16)19-13-9-5-7-11-6-3-4-8-12(11)13/h3-4,6,8,13H,5,7,9-10H2,1-2H3/t13-/m0/s1. The first-order valence-corrected chi connectivity index (χ1v) is 8.41. The molecule has 0 N–H and O–H groups in total. The fourth-order valence-electron chi connectivity index (χ4n) is 2.33. The van der Waals surface area contributed by atoms with Gasteiger partial charge < -0.3 is 4.74 Å². The largest absolute Gasteiger partial charge is 0.456 e. The number of esters is 1. The number of carbonyl (C=O) groups is 1. The summed E-state index contributed by atoms with van der Waals surface area (Å²) in [6, 6.07) is 7.90. The maximum absolute atomic E-state index is 11.8. The highest BCUT2D eigenvalue weighted by Crippen LogP contribution is 2.32. The SMILES string of the molecule is CN(CC(=O)O[C@H]1CCCc2ccccc21)S(C)(=O)=O. The molecule has 0 fully saturated rings. The Morgan fingerprint density at radius 1 is 1.40 bits per heavy atom. The van der Waals surface area contributed by atoms with E-state index in [4.69, 9.17) is 4.74 Å². The summed E-state index contributed by atoms with van der Waals surface area (Å²) in [6.45, 7) is -0.252. The van der Waals surface area contributed by atoms with Crippen LogP contribution in [-0.4, -0.2) is 38.5 Å². The van der Waals surface area contributed by atoms with Crippen molar-refractivity contribution in [2.24, 2.45) is 0 Å². The van der Waals surface area contributed by atoms with Crippen molar-refractivity contribution in [1.82, 2.24) is 4.31 Å². The first-order valence-electron chi connectivity index (χ1n) is 6.56. The van der Waals surface area contributed by atoms with Gasteiger partial charge >= 0.3 is 5.97 Å². The van der Waals surface area contributed by atoms with Crippen molar-refractivity contribution in [3.05, 3.63) is 35.4 Å². The molecule has 110 valence electrons. The van der Waals surface area contributed by atoms with Crippen molar-refractivity contribution >= 4 is 16.0 Å². The van der Waals surface area contributed by atoms with Crippen LogP contribution in [0.5, 0.6) is 0 Å². The maximum Gasteiger partial charge on any atom is 0.321 e. The average molecular weight is 297 g/mol. The second-order valence-corrected chi connectivity index (χ2v) is 7.18. The van der Waals surface area contributed by atoms with Crippen LogP contribution in [0.15, 0.2) is 24.3 Å². The topological polar surface area (TPSA) is 63.7 Å². The monoisotopic (exact) mass is 297 g/mol. The molecule has 0 radical (unpaired) electrons. The lowest BCUT2D eigenvalue weighted by Crippen LogP contribution is -2.33. The first kappa shape index (κ1) is 15.0. The van der Waals surface area contributed by atoms with Crippen LogP contribution in [0.4, 0.5) is 0 Å². The molecule has 1 aromatic rings. The van der Waals surface area contributed by atoms with Gasteiger partial charge in [-0.25, -0.2) is 8.42 Å². The van der Waals surface area contributed by atoms with E-state index in [0.29, 0.717) is 0 Å². The Bertz CT molecular complexity index is 597. The van der Waals surface area contributed by atoms with Crippen LogP contribution in [0.1, 0.15) is 30.1 Å². The van der Waals surface area contributed by atoms with Gasteiger partial charge in [-0.1, -0.05) is 24.3 Å². The molecule has 2 rings (SSSR count). The third kappa shape index (κ3) is 3.58. The molecule has 1 atom stereocenters. The smallest absolute Gasteiger partial charge is 0.321 e. The Balaban J connectivity index is 2.03. The second-order valence-electron chi connectivity index (χ2n) is 5.09. The predicted molar refractivity (Wildman–Crippen MR) is 75.7 cm³/mol. The van der Waals surface area contributed by atoms with E-state index in [9.17, 15) is 13.2 Å². The normalized spacial score (nSPS) is 18.6. The number of sulfonamides is 1. The van der Waals surface area contributed by atoms with Crippen molar-refractivity contribution in [2.75, 3.05) is 19.8 Å². The summed E-state index contributed by atoms with van der Waals surface area (Å²) in [5.41, 5.74) is 2.24. The molecular weight excluding hydrogens is 278 g/mol. The summed E-state index contributed by atoms with van der Waals surface area (Å²) in [6.07, 6.45) is 3.55. The molecule has 0 spiro atoms. The number of aryl methyl sites for hydroxylation is 1. The van der Waals surface area contributed by atoms with Gasteiger partial charge in [0.1, 0.15) is 12.6 Å². The Morgan fingerprint density at radius 3 is 2.80 bits per heavy atom. The number of benzene rings is 1. The lowest BCUT2D eigenvalue weighted by molar-refractivity contribution is -0.150. The van der Waals surface area contributed by atoms with Crippen LogP contribution >= 0.6 is 0 Å². The third-order valence-corrected chi connectivity index (χ3v) is 4.77. The van der Waals surface area contributed by atoms with Crippen LogP contribution in [0.25, 0.3) is 0 Å². The van der Waals surface area contributed by atoms with Crippen molar-refractivity contribution < 1.29 is 17.9 Å². The number of rotatable bonds is 4. The highest BCUT2D eigenvalue weighted by molar-refractivity contribution is 7.88. The number of ether oxygens (including phenoxy) is 1. The zero-order valence-corrected chi connectivity index (χ0v) is 12.5. The number of nitrogens with zero attached hydrogens (tertiary/aromatic N) is 1. The number of carbonyl (C=O) groups excluding carboxylic acids is 1. The summed E-state index contributed by atoms with van der Waals surface area (Å²) in [7, 11) is -2.00. The Hall–Kier alpha value is -1.40. The van der Waals surface area contributed by atoms with Crippen molar-refractivity contribution in [3.8, 4) is 0 Å². The number of likely N-dealkylation sites (N-methyl/N-ethyl adjacent to an activating group) is 1. The van der Waals surface area contributed by atoms with Crippen LogP contribution in [-0.2, 0) is 26.0 Å². The molecule has 0 heterocycles. The molecule has 0 aromatic heterocycles. The van der Waals surface area contributed by atoms with Gasteiger partial charge in [0.15, 0.2) is 0 Å². The highest BCUT2D eigenvalue weighted by Gasteiger charge is 2.24. The molecule has 5 nitrogen and oxygen atoms in total. The number of hydrogen-bond donors (Lipinski definition) is 0. The van der Waals surface area contributed by atoms with Crippen molar-refractivity contribution in [3.63, 3.8) is 0 Å². The predicted octanol–water partition coefficient (Wildman–Crippen LogP) is 1.50. The molecule has 0 aliphatic heterocycles. The van der Waals surface area contributed by atoms with Gasteiger partial charge in [-0.3, -0.25) is 4.79 Å². The van der Waals surface area contributed by atoms with Crippen LogP contribution in [0.3, 0.4) is 0 Å². The summed E-state index contributed by atoms with van der Waals surface area (Å²) in [4.78, 5) is 11.8. The van der Waals surface area contributed by atoms with E-state index in [1.54, 1.807) is 0 Å². The molecule has 0 unspecified atom stereocenters. The van der Waals surface area contributed by atoms with E-state index in [0.717, 1.165) is 35.4 Å². The number of fused-ring (bicyclic) bond motifs is 1. The summed E-state index contributed by atoms with van der Waals surface area (Å²) in [5, 5.41) is 0. The first-order chi connectivity index (χ1) is 9.38. The van der Waals surface area contributed by atoms with E-state index in [1.165, 1.54) is 12.6 Å². The molecule has 1 aliphatic rings. The number of hydrogen-bond acceptors (Lipinski definition) is 4. The Kier molecular flexibility index (Phi) is 4.45. The maximum atomic E-state index is 11.8. The fourth-order valence-corrected chi connectivity index (χ4v) is 2.67.